The molecule has 0 radical (unpaired) electrons. The molecule has 0 saturated carbocycles. The van der Waals surface area contributed by atoms with Gasteiger partial charge in [0, 0.05) is 37.1 Å². The molecule has 5 heteroatoms. The van der Waals surface area contributed by atoms with Crippen LogP contribution in [0.2, 0.25) is 0 Å². The predicted octanol–water partition coefficient (Wildman–Crippen LogP) is 2.44. The van der Waals surface area contributed by atoms with Crippen molar-refractivity contribution in [3.63, 3.8) is 0 Å². The van der Waals surface area contributed by atoms with Crippen LogP contribution in [0.25, 0.3) is 0 Å². The van der Waals surface area contributed by atoms with Crippen LogP contribution >= 0.6 is 0 Å². The van der Waals surface area contributed by atoms with E-state index < -0.39 is 0 Å². The predicted molar refractivity (Wildman–Crippen MR) is 83.9 cm³/mol. The van der Waals surface area contributed by atoms with Crippen LogP contribution in [0.3, 0.4) is 0 Å². The lowest BCUT2D eigenvalue weighted by Crippen LogP contribution is -2.39. The minimum atomic E-state index is 0.0214. The van der Waals surface area contributed by atoms with Crippen LogP contribution in [-0.4, -0.2) is 34.9 Å². The molecular formula is C17H19N3O2. The highest BCUT2D eigenvalue weighted by molar-refractivity contribution is 5.95. The van der Waals surface area contributed by atoms with Crippen LogP contribution in [0.5, 0.6) is 11.5 Å². The van der Waals surface area contributed by atoms with Crippen molar-refractivity contribution < 1.29 is 9.53 Å². The summed E-state index contributed by atoms with van der Waals surface area (Å²) >= 11 is 0. The summed E-state index contributed by atoms with van der Waals surface area (Å²) in [6, 6.07) is 11.0. The Morgan fingerprint density at radius 3 is 2.86 bits per heavy atom. The van der Waals surface area contributed by atoms with Gasteiger partial charge in [0.25, 0.3) is 5.91 Å². The number of carbonyl (C=O) groups is 1. The topological polar surface area (TPSA) is 68.5 Å². The summed E-state index contributed by atoms with van der Waals surface area (Å²) in [5, 5.41) is 0. The fraction of sp³-hybridized carbons (Fsp3) is 0.294. The second-order valence-corrected chi connectivity index (χ2v) is 5.34. The number of hydrogen-bond acceptors (Lipinski definition) is 4. The van der Waals surface area contributed by atoms with E-state index >= 15 is 0 Å². The minimum Gasteiger partial charge on any atom is -0.457 e. The minimum absolute atomic E-state index is 0.0214. The molecule has 3 rings (SSSR count). The zero-order chi connectivity index (χ0) is 15.4. The molecule has 2 aromatic rings. The van der Waals surface area contributed by atoms with Gasteiger partial charge in [0.2, 0.25) is 0 Å². The molecule has 114 valence electrons. The third-order valence-corrected chi connectivity index (χ3v) is 3.88. The molecule has 2 N–H and O–H groups in total. The Morgan fingerprint density at radius 2 is 2.09 bits per heavy atom. The van der Waals surface area contributed by atoms with Gasteiger partial charge < -0.3 is 15.4 Å². The first-order valence-electron chi connectivity index (χ1n) is 7.47. The van der Waals surface area contributed by atoms with E-state index in [0.29, 0.717) is 23.6 Å². The fourth-order valence-corrected chi connectivity index (χ4v) is 2.75. The zero-order valence-corrected chi connectivity index (χ0v) is 12.3. The molecule has 2 heterocycles. The second kappa shape index (κ2) is 6.58. The van der Waals surface area contributed by atoms with Gasteiger partial charge in [-0.25, -0.2) is 0 Å². The van der Waals surface area contributed by atoms with Crippen molar-refractivity contribution in [2.75, 3.05) is 13.1 Å². The fourth-order valence-electron chi connectivity index (χ4n) is 2.75. The number of benzene rings is 1. The van der Waals surface area contributed by atoms with E-state index in [1.54, 1.807) is 30.6 Å². The molecule has 1 unspecified atom stereocenters. The van der Waals surface area contributed by atoms with E-state index in [0.717, 1.165) is 19.4 Å². The summed E-state index contributed by atoms with van der Waals surface area (Å²) in [7, 11) is 0. The Kier molecular flexibility index (Phi) is 4.34. The third kappa shape index (κ3) is 3.09. The van der Waals surface area contributed by atoms with E-state index in [1.165, 1.54) is 0 Å². The van der Waals surface area contributed by atoms with Crippen LogP contribution in [0.15, 0.2) is 48.8 Å². The summed E-state index contributed by atoms with van der Waals surface area (Å²) < 4.78 is 5.75. The lowest BCUT2D eigenvalue weighted by atomic mass is 10.1. The van der Waals surface area contributed by atoms with E-state index in [4.69, 9.17) is 10.5 Å². The van der Waals surface area contributed by atoms with Gasteiger partial charge in [-0.2, -0.15) is 0 Å². The number of amides is 1. The first-order chi connectivity index (χ1) is 10.8. The second-order valence-electron chi connectivity index (χ2n) is 5.34. The number of aromatic nitrogens is 1. The maximum atomic E-state index is 12.6. The summed E-state index contributed by atoms with van der Waals surface area (Å²) in [5.41, 5.74) is 6.38. The number of carbonyl (C=O) groups excluding carboxylic acids is 1. The molecule has 0 aliphatic carbocycles. The first-order valence-corrected chi connectivity index (χ1v) is 7.47. The molecule has 1 fully saturated rings. The van der Waals surface area contributed by atoms with Crippen LogP contribution in [0.4, 0.5) is 0 Å². The van der Waals surface area contributed by atoms with Gasteiger partial charge in [0.1, 0.15) is 11.5 Å². The van der Waals surface area contributed by atoms with Crippen LogP contribution < -0.4 is 10.5 Å². The number of hydrogen-bond donors (Lipinski definition) is 1. The smallest absolute Gasteiger partial charge is 0.254 e. The number of nitrogens with zero attached hydrogens (tertiary/aromatic N) is 2. The molecule has 1 atom stereocenters. The SMILES string of the molecule is NCC1CCCN1C(=O)c1cccc(Oc2ccncc2)c1. The van der Waals surface area contributed by atoms with Gasteiger partial charge in [0.15, 0.2) is 0 Å². The largest absolute Gasteiger partial charge is 0.457 e. The highest BCUT2D eigenvalue weighted by atomic mass is 16.5. The lowest BCUT2D eigenvalue weighted by molar-refractivity contribution is 0.0741. The van der Waals surface area contributed by atoms with Gasteiger partial charge in [-0.15, -0.1) is 0 Å². The van der Waals surface area contributed by atoms with Gasteiger partial charge in [0.05, 0.1) is 0 Å². The Balaban J connectivity index is 1.77. The summed E-state index contributed by atoms with van der Waals surface area (Å²) in [4.78, 5) is 18.4. The molecule has 1 amide bonds. The van der Waals surface area contributed by atoms with Crippen molar-refractivity contribution in [2.24, 2.45) is 5.73 Å². The maximum absolute atomic E-state index is 12.6. The standard InChI is InChI=1S/C17H19N3O2/c18-12-14-4-2-10-20(14)17(21)13-3-1-5-16(11-13)22-15-6-8-19-9-7-15/h1,3,5-9,11,14H,2,4,10,12,18H2. The molecule has 1 aromatic heterocycles. The number of pyridine rings is 1. The van der Waals surface area contributed by atoms with Gasteiger partial charge in [-0.3, -0.25) is 9.78 Å². The number of ether oxygens (including phenoxy) is 1. The number of likely N-dealkylation sites (tertiary alicyclic amines) is 1. The van der Waals surface area contributed by atoms with Gasteiger partial charge in [-0.1, -0.05) is 6.07 Å². The highest BCUT2D eigenvalue weighted by Crippen LogP contribution is 2.24. The molecule has 22 heavy (non-hydrogen) atoms. The van der Waals surface area contributed by atoms with Gasteiger partial charge >= 0.3 is 0 Å². The Morgan fingerprint density at radius 1 is 1.27 bits per heavy atom. The summed E-state index contributed by atoms with van der Waals surface area (Å²) in [6.45, 7) is 1.29. The van der Waals surface area contributed by atoms with Crippen molar-refractivity contribution in [3.05, 3.63) is 54.4 Å². The molecule has 1 aromatic carbocycles. The van der Waals surface area contributed by atoms with Crippen LogP contribution in [0.1, 0.15) is 23.2 Å². The number of rotatable bonds is 4. The van der Waals surface area contributed by atoms with Crippen molar-refractivity contribution in [1.29, 1.82) is 0 Å². The summed E-state index contributed by atoms with van der Waals surface area (Å²) in [6.07, 6.45) is 5.33. The lowest BCUT2D eigenvalue weighted by Gasteiger charge is -2.23. The average Bonchev–Trinajstić information content (AvgIpc) is 3.04. The van der Waals surface area contributed by atoms with Crippen molar-refractivity contribution in [2.45, 2.75) is 18.9 Å². The molecule has 1 saturated heterocycles. The first kappa shape index (κ1) is 14.5. The van der Waals surface area contributed by atoms with Gasteiger partial charge in [-0.05, 0) is 43.2 Å². The molecule has 5 nitrogen and oxygen atoms in total. The monoisotopic (exact) mass is 297 g/mol. The van der Waals surface area contributed by atoms with E-state index in [-0.39, 0.29) is 11.9 Å². The quantitative estimate of drug-likeness (QED) is 0.941. The van der Waals surface area contributed by atoms with E-state index in [1.807, 2.05) is 23.1 Å². The van der Waals surface area contributed by atoms with Crippen molar-refractivity contribution in [1.82, 2.24) is 9.88 Å². The molecule has 0 bridgehead atoms. The summed E-state index contributed by atoms with van der Waals surface area (Å²) in [5.74, 6) is 1.36. The molecule has 0 spiro atoms. The van der Waals surface area contributed by atoms with E-state index in [2.05, 4.69) is 4.98 Å². The zero-order valence-electron chi connectivity index (χ0n) is 12.3. The maximum Gasteiger partial charge on any atom is 0.254 e. The van der Waals surface area contributed by atoms with Crippen molar-refractivity contribution >= 4 is 5.91 Å². The third-order valence-electron chi connectivity index (χ3n) is 3.88. The number of nitrogens with two attached hydrogens (primary N) is 1. The Hall–Kier alpha value is -2.40. The molecule has 1 aliphatic rings. The van der Waals surface area contributed by atoms with Crippen LogP contribution in [0, 0.1) is 0 Å². The molecular weight excluding hydrogens is 278 g/mol. The molecule has 1 aliphatic heterocycles. The normalized spacial score (nSPS) is 17.5. The van der Waals surface area contributed by atoms with Crippen LogP contribution in [-0.2, 0) is 0 Å². The Labute approximate surface area is 129 Å². The highest BCUT2D eigenvalue weighted by Gasteiger charge is 2.28. The van der Waals surface area contributed by atoms with Crippen molar-refractivity contribution in [3.8, 4) is 11.5 Å². The Bertz CT molecular complexity index is 645. The van der Waals surface area contributed by atoms with E-state index in [9.17, 15) is 4.79 Å². The average molecular weight is 297 g/mol.